The summed E-state index contributed by atoms with van der Waals surface area (Å²) in [5, 5.41) is 10.2. The number of aliphatic hydroxyl groups is 1. The summed E-state index contributed by atoms with van der Waals surface area (Å²) in [6, 6.07) is 18.0. The van der Waals surface area contributed by atoms with E-state index in [9.17, 15) is 26.7 Å². The van der Waals surface area contributed by atoms with Crippen LogP contribution in [0, 0.1) is 5.92 Å². The summed E-state index contributed by atoms with van der Waals surface area (Å²) in [6.07, 6.45) is 1.24. The second-order valence-corrected chi connectivity index (χ2v) is 16.1. The van der Waals surface area contributed by atoms with E-state index in [1.807, 2.05) is 13.8 Å². The summed E-state index contributed by atoms with van der Waals surface area (Å²) in [6.45, 7) is 5.63. The second-order valence-electron chi connectivity index (χ2n) is 12.4. The van der Waals surface area contributed by atoms with Crippen LogP contribution < -0.4 is 14.2 Å². The highest BCUT2D eigenvalue weighted by Gasteiger charge is 2.32. The number of ether oxygens (including phenoxy) is 3. The van der Waals surface area contributed by atoms with Crippen LogP contribution >= 0.6 is 0 Å². The first-order chi connectivity index (χ1) is 23.3. The molecule has 0 radical (unpaired) electrons. The molecule has 0 bridgehead atoms. The highest BCUT2D eigenvalue weighted by Crippen LogP contribution is 2.30. The van der Waals surface area contributed by atoms with Gasteiger partial charge in [0, 0.05) is 38.3 Å². The number of hydrogen-bond acceptors (Lipinski definition) is 9. The maximum absolute atomic E-state index is 14.4. The Bertz CT molecular complexity index is 1750. The highest BCUT2D eigenvalue weighted by molar-refractivity contribution is 7.92. The molecule has 0 aromatic heterocycles. The molecule has 0 spiro atoms. The van der Waals surface area contributed by atoms with Gasteiger partial charge in [0.1, 0.15) is 11.5 Å². The lowest BCUT2D eigenvalue weighted by molar-refractivity contribution is -0.00833. The number of carbonyl (C=O) groups excluding carboxylic acids is 1. The van der Waals surface area contributed by atoms with Crippen molar-refractivity contribution in [2.45, 2.75) is 68.1 Å². The van der Waals surface area contributed by atoms with Crippen LogP contribution in [0.15, 0.2) is 82.6 Å². The number of amides is 1. The average Bonchev–Trinajstić information content (AvgIpc) is 3.09. The van der Waals surface area contributed by atoms with Gasteiger partial charge >= 0.3 is 0 Å². The number of sulfonamides is 2. The quantitative estimate of drug-likeness (QED) is 0.306. The number of anilines is 1. The van der Waals surface area contributed by atoms with Crippen molar-refractivity contribution in [3.05, 3.63) is 78.4 Å². The molecule has 3 aromatic carbocycles. The van der Waals surface area contributed by atoms with E-state index >= 15 is 0 Å². The van der Waals surface area contributed by atoms with Crippen molar-refractivity contribution in [2.75, 3.05) is 45.2 Å². The number of benzene rings is 3. The minimum atomic E-state index is -3.95. The lowest BCUT2D eigenvalue weighted by Gasteiger charge is -2.35. The van der Waals surface area contributed by atoms with Crippen molar-refractivity contribution in [1.82, 2.24) is 9.21 Å². The van der Waals surface area contributed by atoms with E-state index in [-0.39, 0.29) is 58.5 Å². The summed E-state index contributed by atoms with van der Waals surface area (Å²) >= 11 is 0. The van der Waals surface area contributed by atoms with Crippen LogP contribution in [0.3, 0.4) is 0 Å². The van der Waals surface area contributed by atoms with Crippen LogP contribution in [-0.4, -0.2) is 95.8 Å². The van der Waals surface area contributed by atoms with Gasteiger partial charge < -0.3 is 24.2 Å². The lowest BCUT2D eigenvalue weighted by Crippen LogP contribution is -2.48. The molecule has 0 fully saturated rings. The van der Waals surface area contributed by atoms with Gasteiger partial charge in [0.2, 0.25) is 10.0 Å². The zero-order valence-electron chi connectivity index (χ0n) is 28.6. The molecule has 0 aliphatic carbocycles. The summed E-state index contributed by atoms with van der Waals surface area (Å²) in [5.74, 6) is -0.0312. The summed E-state index contributed by atoms with van der Waals surface area (Å²) < 4.78 is 74.8. The molecule has 1 aliphatic rings. The van der Waals surface area contributed by atoms with Crippen molar-refractivity contribution < 1.29 is 40.9 Å². The molecule has 12 nitrogen and oxygen atoms in total. The van der Waals surface area contributed by atoms with Gasteiger partial charge in [-0.05, 0) is 87.7 Å². The van der Waals surface area contributed by atoms with Gasteiger partial charge in [-0.2, -0.15) is 4.31 Å². The van der Waals surface area contributed by atoms with Crippen LogP contribution in [0.25, 0.3) is 0 Å². The number of likely N-dealkylation sites (N-methyl/N-ethyl adjacent to an activating group) is 1. The number of carbonyl (C=O) groups is 1. The Morgan fingerprint density at radius 2 is 1.69 bits per heavy atom. The Morgan fingerprint density at radius 3 is 2.35 bits per heavy atom. The minimum Gasteiger partial charge on any atom is -0.497 e. The molecule has 1 heterocycles. The fourth-order valence-corrected chi connectivity index (χ4v) is 7.80. The topological polar surface area (TPSA) is 152 Å². The SMILES string of the molecule is COc1ccc(S(=O)(=O)N(C)C[C@@H]2OCCCC[C@@H](C)Oc3ccc(NS(=O)(=O)c4ccccc4)cc3C(=O)N([C@H](C)CO)C[C@@H]2C)cc1. The van der Waals surface area contributed by atoms with Gasteiger partial charge in [-0.25, -0.2) is 16.8 Å². The molecular weight excluding hydrogens is 671 g/mol. The van der Waals surface area contributed by atoms with Crippen molar-refractivity contribution in [3.8, 4) is 11.5 Å². The largest absolute Gasteiger partial charge is 0.497 e. The van der Waals surface area contributed by atoms with Crippen LogP contribution in [0.1, 0.15) is 50.4 Å². The van der Waals surface area contributed by atoms with Crippen molar-refractivity contribution >= 4 is 31.6 Å². The molecule has 14 heteroatoms. The van der Waals surface area contributed by atoms with Crippen molar-refractivity contribution in [2.24, 2.45) is 5.92 Å². The van der Waals surface area contributed by atoms with Gasteiger partial charge in [-0.3, -0.25) is 9.52 Å². The van der Waals surface area contributed by atoms with Gasteiger partial charge in [0.25, 0.3) is 15.9 Å². The first kappa shape index (κ1) is 38.1. The van der Waals surface area contributed by atoms with E-state index in [2.05, 4.69) is 4.72 Å². The van der Waals surface area contributed by atoms with Crippen LogP contribution in [0.5, 0.6) is 11.5 Å². The molecule has 1 aliphatic heterocycles. The Morgan fingerprint density at radius 1 is 1.00 bits per heavy atom. The van der Waals surface area contributed by atoms with Gasteiger partial charge in [-0.1, -0.05) is 25.1 Å². The molecule has 4 atom stereocenters. The Kier molecular flexibility index (Phi) is 13.1. The molecule has 1 amide bonds. The molecule has 0 saturated carbocycles. The summed E-state index contributed by atoms with van der Waals surface area (Å²) in [4.78, 5) is 16.0. The third kappa shape index (κ3) is 9.73. The molecule has 4 rings (SSSR count). The van der Waals surface area contributed by atoms with E-state index in [0.717, 1.165) is 6.42 Å². The molecule has 3 aromatic rings. The standard InChI is InChI=1S/C35H47N3O9S2/c1-25-22-38(26(2)24-39)35(40)32-21-28(36-48(41,42)30-12-7-6-8-13-30)14-19-33(32)47-27(3)11-9-10-20-46-34(25)23-37(4)49(43,44)31-17-15-29(45-5)16-18-31/h6-8,12-19,21,25-27,34,36,39H,9-11,20,22-24H2,1-5H3/t25-,26+,27+,34-/m0/s1. The predicted octanol–water partition coefficient (Wildman–Crippen LogP) is 4.61. The maximum Gasteiger partial charge on any atom is 0.261 e. The van der Waals surface area contributed by atoms with E-state index < -0.39 is 38.1 Å². The molecule has 49 heavy (non-hydrogen) atoms. The maximum atomic E-state index is 14.4. The number of rotatable bonds is 10. The van der Waals surface area contributed by atoms with E-state index in [0.29, 0.717) is 25.2 Å². The lowest BCUT2D eigenvalue weighted by atomic mass is 10.0. The zero-order chi connectivity index (χ0) is 35.8. The van der Waals surface area contributed by atoms with Crippen LogP contribution in [0.4, 0.5) is 5.69 Å². The van der Waals surface area contributed by atoms with E-state index in [1.165, 1.54) is 53.7 Å². The number of nitrogens with zero attached hydrogens (tertiary/aromatic N) is 2. The van der Waals surface area contributed by atoms with Gasteiger partial charge in [-0.15, -0.1) is 0 Å². The number of fused-ring (bicyclic) bond motifs is 1. The molecular formula is C35H47N3O9S2. The van der Waals surface area contributed by atoms with Crippen LogP contribution in [0.2, 0.25) is 0 Å². The second kappa shape index (κ2) is 16.8. The molecule has 2 N–H and O–H groups in total. The smallest absolute Gasteiger partial charge is 0.261 e. The monoisotopic (exact) mass is 717 g/mol. The third-order valence-electron chi connectivity index (χ3n) is 8.56. The Balaban J connectivity index is 1.66. The van der Waals surface area contributed by atoms with Gasteiger partial charge in [0.15, 0.2) is 0 Å². The summed E-state index contributed by atoms with van der Waals surface area (Å²) in [7, 11) is -4.82. The van der Waals surface area contributed by atoms with E-state index in [1.54, 1.807) is 49.4 Å². The average molecular weight is 718 g/mol. The first-order valence-electron chi connectivity index (χ1n) is 16.3. The van der Waals surface area contributed by atoms with Crippen LogP contribution in [-0.2, 0) is 24.8 Å². The first-order valence-corrected chi connectivity index (χ1v) is 19.2. The highest BCUT2D eigenvalue weighted by atomic mass is 32.2. The van der Waals surface area contributed by atoms with E-state index in [4.69, 9.17) is 14.2 Å². The van der Waals surface area contributed by atoms with Gasteiger partial charge in [0.05, 0.1) is 47.3 Å². The number of nitrogens with one attached hydrogen (secondary N) is 1. The summed E-state index contributed by atoms with van der Waals surface area (Å²) in [5.41, 5.74) is 0.297. The van der Waals surface area contributed by atoms with Crippen molar-refractivity contribution in [1.29, 1.82) is 0 Å². The Labute approximate surface area is 290 Å². The predicted molar refractivity (Wildman–Crippen MR) is 187 cm³/mol. The number of hydrogen-bond donors (Lipinski definition) is 2. The normalized spacial score (nSPS) is 20.5. The fraction of sp³-hybridized carbons (Fsp3) is 0.457. The third-order valence-corrected chi connectivity index (χ3v) is 11.8. The minimum absolute atomic E-state index is 0.0204. The zero-order valence-corrected chi connectivity index (χ0v) is 30.2. The molecule has 0 saturated heterocycles. The number of methoxy groups -OCH3 is 1. The molecule has 268 valence electrons. The fourth-order valence-electron chi connectivity index (χ4n) is 5.54. The number of aliphatic hydroxyl groups excluding tert-OH is 1. The van der Waals surface area contributed by atoms with Crippen molar-refractivity contribution in [3.63, 3.8) is 0 Å². The Hall–Kier alpha value is -3.69. The molecule has 0 unspecified atom stereocenters.